The van der Waals surface area contributed by atoms with E-state index in [4.69, 9.17) is 4.74 Å². The van der Waals surface area contributed by atoms with Crippen LogP contribution in [0.2, 0.25) is 0 Å². The Morgan fingerprint density at radius 2 is 2.21 bits per heavy atom. The van der Waals surface area contributed by atoms with Crippen molar-refractivity contribution >= 4 is 11.0 Å². The maximum absolute atomic E-state index is 14.5. The second kappa shape index (κ2) is 4.99. The summed E-state index contributed by atoms with van der Waals surface area (Å²) >= 11 is 0. The van der Waals surface area contributed by atoms with E-state index in [0.29, 0.717) is 23.2 Å². The van der Waals surface area contributed by atoms with Gasteiger partial charge in [0.1, 0.15) is 11.4 Å². The molecular formula is C14H17FN2O2. The van der Waals surface area contributed by atoms with Crippen molar-refractivity contribution in [2.24, 2.45) is 0 Å². The highest BCUT2D eigenvalue weighted by molar-refractivity contribution is 5.75. The molecular weight excluding hydrogens is 247 g/mol. The van der Waals surface area contributed by atoms with Gasteiger partial charge in [0, 0.05) is 6.07 Å². The molecule has 1 aromatic carbocycles. The smallest absolute Gasteiger partial charge is 0.273 e. The number of nitrogens with one attached hydrogen (secondary N) is 1. The van der Waals surface area contributed by atoms with Crippen molar-refractivity contribution in [3.63, 3.8) is 0 Å². The van der Waals surface area contributed by atoms with Crippen LogP contribution >= 0.6 is 0 Å². The summed E-state index contributed by atoms with van der Waals surface area (Å²) in [5.41, 5.74) is -1.17. The standard InChI is InChI=1S/C14H17FN2O2/c1-4-7-14(2,15)12-13(18)17-11-8-9(19-3)5-6-10(11)16-12/h5-6,8H,4,7H2,1-3H3,(H,17,18). The predicted molar refractivity (Wildman–Crippen MR) is 72.3 cm³/mol. The summed E-state index contributed by atoms with van der Waals surface area (Å²) in [6.07, 6.45) is 0.916. The number of ether oxygens (including phenoxy) is 1. The lowest BCUT2D eigenvalue weighted by Crippen LogP contribution is -2.28. The fourth-order valence-electron chi connectivity index (χ4n) is 2.13. The average molecular weight is 264 g/mol. The first-order valence-electron chi connectivity index (χ1n) is 6.25. The van der Waals surface area contributed by atoms with E-state index < -0.39 is 11.2 Å². The van der Waals surface area contributed by atoms with E-state index in [1.807, 2.05) is 6.92 Å². The Labute approximate surface area is 110 Å². The molecule has 102 valence electrons. The summed E-state index contributed by atoms with van der Waals surface area (Å²) in [6.45, 7) is 3.27. The van der Waals surface area contributed by atoms with E-state index in [1.165, 1.54) is 6.92 Å². The van der Waals surface area contributed by atoms with Crippen LogP contribution in [-0.4, -0.2) is 17.1 Å². The molecule has 1 atom stereocenters. The molecule has 2 rings (SSSR count). The average Bonchev–Trinajstić information content (AvgIpc) is 2.36. The Kier molecular flexibility index (Phi) is 3.55. The summed E-state index contributed by atoms with van der Waals surface area (Å²) in [5.74, 6) is 0.620. The second-order valence-corrected chi connectivity index (χ2v) is 4.75. The van der Waals surface area contributed by atoms with Gasteiger partial charge in [0.2, 0.25) is 0 Å². The minimum absolute atomic E-state index is 0.0629. The monoisotopic (exact) mass is 264 g/mol. The largest absolute Gasteiger partial charge is 0.497 e. The van der Waals surface area contributed by atoms with Crippen molar-refractivity contribution in [2.45, 2.75) is 32.4 Å². The summed E-state index contributed by atoms with van der Waals surface area (Å²) in [5, 5.41) is 0. The van der Waals surface area contributed by atoms with Gasteiger partial charge in [0.15, 0.2) is 5.67 Å². The number of fused-ring (bicyclic) bond motifs is 1. The van der Waals surface area contributed by atoms with Gasteiger partial charge in [-0.1, -0.05) is 13.3 Å². The number of nitrogens with zero attached hydrogens (tertiary/aromatic N) is 1. The number of aromatic amines is 1. The van der Waals surface area contributed by atoms with Gasteiger partial charge in [-0.3, -0.25) is 4.79 Å². The van der Waals surface area contributed by atoms with Crippen LogP contribution in [0.15, 0.2) is 23.0 Å². The molecule has 0 saturated heterocycles. The third-order valence-corrected chi connectivity index (χ3v) is 3.11. The number of alkyl halides is 1. The van der Waals surface area contributed by atoms with Crippen LogP contribution in [0.5, 0.6) is 5.75 Å². The van der Waals surface area contributed by atoms with Crippen molar-refractivity contribution in [1.82, 2.24) is 9.97 Å². The van der Waals surface area contributed by atoms with Gasteiger partial charge in [-0.2, -0.15) is 0 Å². The number of aromatic nitrogens is 2. The van der Waals surface area contributed by atoms with Crippen LogP contribution in [0.3, 0.4) is 0 Å². The molecule has 19 heavy (non-hydrogen) atoms. The number of benzene rings is 1. The van der Waals surface area contributed by atoms with Gasteiger partial charge in [0.25, 0.3) is 5.56 Å². The number of rotatable bonds is 4. The van der Waals surface area contributed by atoms with Crippen LogP contribution in [0.4, 0.5) is 4.39 Å². The molecule has 0 aliphatic heterocycles. The van der Waals surface area contributed by atoms with Crippen LogP contribution in [-0.2, 0) is 5.67 Å². The number of halogens is 1. The Morgan fingerprint density at radius 3 is 2.84 bits per heavy atom. The van der Waals surface area contributed by atoms with Crippen LogP contribution < -0.4 is 10.3 Å². The lowest BCUT2D eigenvalue weighted by molar-refractivity contribution is 0.167. The molecule has 0 amide bonds. The van der Waals surface area contributed by atoms with Gasteiger partial charge in [-0.15, -0.1) is 0 Å². The van der Waals surface area contributed by atoms with Crippen LogP contribution in [0.1, 0.15) is 32.4 Å². The summed E-state index contributed by atoms with van der Waals surface area (Å²) in [4.78, 5) is 18.8. The van der Waals surface area contributed by atoms with Gasteiger partial charge < -0.3 is 9.72 Å². The van der Waals surface area contributed by atoms with Crippen LogP contribution in [0.25, 0.3) is 11.0 Å². The van der Waals surface area contributed by atoms with Gasteiger partial charge >= 0.3 is 0 Å². The molecule has 1 heterocycles. The molecule has 1 N–H and O–H groups in total. The summed E-state index contributed by atoms with van der Waals surface area (Å²) in [6, 6.07) is 5.10. The van der Waals surface area contributed by atoms with E-state index in [-0.39, 0.29) is 12.1 Å². The molecule has 0 fully saturated rings. The SMILES string of the molecule is CCCC(C)(F)c1nc2ccc(OC)cc2[nH]c1=O. The van der Waals surface area contributed by atoms with E-state index in [0.717, 1.165) is 0 Å². The Morgan fingerprint density at radius 1 is 1.47 bits per heavy atom. The first-order valence-corrected chi connectivity index (χ1v) is 6.25. The molecule has 1 aromatic heterocycles. The molecule has 2 aromatic rings. The molecule has 0 bridgehead atoms. The molecule has 0 radical (unpaired) electrons. The van der Waals surface area contributed by atoms with E-state index in [9.17, 15) is 9.18 Å². The van der Waals surface area contributed by atoms with Gasteiger partial charge in [0.05, 0.1) is 18.1 Å². The van der Waals surface area contributed by atoms with E-state index in [1.54, 1.807) is 25.3 Å². The molecule has 0 saturated carbocycles. The first kappa shape index (κ1) is 13.5. The lowest BCUT2D eigenvalue weighted by Gasteiger charge is -2.18. The predicted octanol–water partition coefficient (Wildman–Crippen LogP) is 2.92. The minimum Gasteiger partial charge on any atom is -0.497 e. The highest BCUT2D eigenvalue weighted by Crippen LogP contribution is 2.28. The first-order chi connectivity index (χ1) is 8.97. The Balaban J connectivity index is 2.60. The van der Waals surface area contributed by atoms with E-state index >= 15 is 0 Å². The van der Waals surface area contributed by atoms with Crippen molar-refractivity contribution < 1.29 is 9.13 Å². The van der Waals surface area contributed by atoms with Crippen molar-refractivity contribution in [1.29, 1.82) is 0 Å². The number of methoxy groups -OCH3 is 1. The maximum atomic E-state index is 14.5. The second-order valence-electron chi connectivity index (χ2n) is 4.75. The summed E-state index contributed by atoms with van der Waals surface area (Å²) in [7, 11) is 1.54. The fourth-order valence-corrected chi connectivity index (χ4v) is 2.13. The highest BCUT2D eigenvalue weighted by atomic mass is 19.1. The highest BCUT2D eigenvalue weighted by Gasteiger charge is 2.30. The number of hydrogen-bond acceptors (Lipinski definition) is 3. The van der Waals surface area contributed by atoms with Crippen molar-refractivity contribution in [3.05, 3.63) is 34.2 Å². The number of H-pyrrole nitrogens is 1. The van der Waals surface area contributed by atoms with Crippen LogP contribution in [0, 0.1) is 0 Å². The van der Waals surface area contributed by atoms with Gasteiger partial charge in [-0.05, 0) is 25.5 Å². The zero-order chi connectivity index (χ0) is 14.0. The third-order valence-electron chi connectivity index (χ3n) is 3.11. The zero-order valence-electron chi connectivity index (χ0n) is 11.3. The molecule has 5 heteroatoms. The zero-order valence-corrected chi connectivity index (χ0v) is 11.3. The van der Waals surface area contributed by atoms with Crippen molar-refractivity contribution in [2.75, 3.05) is 7.11 Å². The molecule has 0 aliphatic carbocycles. The molecule has 0 spiro atoms. The molecule has 0 aliphatic rings. The quantitative estimate of drug-likeness (QED) is 0.923. The third kappa shape index (κ3) is 2.59. The maximum Gasteiger partial charge on any atom is 0.273 e. The van der Waals surface area contributed by atoms with E-state index in [2.05, 4.69) is 9.97 Å². The van der Waals surface area contributed by atoms with Crippen molar-refractivity contribution in [3.8, 4) is 5.75 Å². The van der Waals surface area contributed by atoms with Gasteiger partial charge in [-0.25, -0.2) is 9.37 Å². The Hall–Kier alpha value is -1.91. The molecule has 4 nitrogen and oxygen atoms in total. The minimum atomic E-state index is -1.71. The number of hydrogen-bond donors (Lipinski definition) is 1. The molecule has 1 unspecified atom stereocenters. The topological polar surface area (TPSA) is 55.0 Å². The summed E-state index contributed by atoms with van der Waals surface area (Å²) < 4.78 is 19.5. The normalized spacial score (nSPS) is 14.3. The lowest BCUT2D eigenvalue weighted by atomic mass is 9.98. The Bertz CT molecular complexity index is 649. The fraction of sp³-hybridized carbons (Fsp3) is 0.429.